The summed E-state index contributed by atoms with van der Waals surface area (Å²) in [6, 6.07) is 7.98. The van der Waals surface area contributed by atoms with Crippen LogP contribution in [-0.4, -0.2) is 33.2 Å². The quantitative estimate of drug-likeness (QED) is 0.570. The molecule has 29 heavy (non-hydrogen) atoms. The Bertz CT molecular complexity index is 975. The zero-order chi connectivity index (χ0) is 19.8. The fourth-order valence-electron chi connectivity index (χ4n) is 6.19. The van der Waals surface area contributed by atoms with Crippen molar-refractivity contribution >= 4 is 17.0 Å². The van der Waals surface area contributed by atoms with Gasteiger partial charge in [0.15, 0.2) is 5.60 Å². The number of esters is 1. The maximum Gasteiger partial charge on any atom is 0.313 e. The molecule has 1 spiro atoms. The van der Waals surface area contributed by atoms with E-state index in [-0.39, 0.29) is 23.7 Å². The number of carbonyl (C=O) groups is 1. The molecule has 7 nitrogen and oxygen atoms in total. The van der Waals surface area contributed by atoms with Crippen LogP contribution in [-0.2, 0) is 30.6 Å². The molecule has 5 fully saturated rings. The van der Waals surface area contributed by atoms with E-state index in [0.29, 0.717) is 12.5 Å². The van der Waals surface area contributed by atoms with Gasteiger partial charge in [0.05, 0.1) is 23.3 Å². The number of aromatic nitrogens is 2. The number of hydrogen-bond acceptors (Lipinski definition) is 6. The second-order valence-corrected chi connectivity index (χ2v) is 9.34. The summed E-state index contributed by atoms with van der Waals surface area (Å²) < 4.78 is 14.2. The largest absolute Gasteiger partial charge is 0.432 e. The van der Waals surface area contributed by atoms with E-state index in [0.717, 1.165) is 36.7 Å². The van der Waals surface area contributed by atoms with Crippen LogP contribution >= 0.6 is 0 Å². The monoisotopic (exact) mass is 398 g/mol. The van der Waals surface area contributed by atoms with Crippen LogP contribution < -0.4 is 0 Å². The summed E-state index contributed by atoms with van der Waals surface area (Å²) in [6.45, 7) is 4.65. The van der Waals surface area contributed by atoms with Crippen LogP contribution in [0.3, 0.4) is 0 Å². The van der Waals surface area contributed by atoms with Crippen molar-refractivity contribution in [3.05, 3.63) is 30.6 Å². The van der Waals surface area contributed by atoms with Gasteiger partial charge in [-0.05, 0) is 44.2 Å². The van der Waals surface area contributed by atoms with E-state index in [2.05, 4.69) is 16.5 Å². The van der Waals surface area contributed by atoms with Gasteiger partial charge in [-0.3, -0.25) is 4.79 Å². The molecule has 1 aromatic carbocycles. The minimum atomic E-state index is -0.856. The lowest BCUT2D eigenvalue weighted by Gasteiger charge is -2.58. The molecule has 2 aromatic rings. The van der Waals surface area contributed by atoms with Crippen LogP contribution in [0.4, 0.5) is 0 Å². The predicted octanol–water partition coefficient (Wildman–Crippen LogP) is 3.42. The third-order valence-corrected chi connectivity index (χ3v) is 7.71. The molecule has 4 aliphatic heterocycles. The molecule has 5 aliphatic rings. The van der Waals surface area contributed by atoms with E-state index >= 15 is 0 Å². The summed E-state index contributed by atoms with van der Waals surface area (Å²) >= 11 is 0. The fourth-order valence-corrected chi connectivity index (χ4v) is 6.19. The summed E-state index contributed by atoms with van der Waals surface area (Å²) in [5.41, 5.74) is 1.21. The van der Waals surface area contributed by atoms with E-state index in [1.54, 1.807) is 0 Å². The lowest BCUT2D eigenvalue weighted by atomic mass is 9.58. The van der Waals surface area contributed by atoms with Gasteiger partial charge in [-0.1, -0.05) is 19.1 Å². The van der Waals surface area contributed by atoms with Gasteiger partial charge in [0.1, 0.15) is 0 Å². The predicted molar refractivity (Wildman–Crippen MR) is 102 cm³/mol. The van der Waals surface area contributed by atoms with Crippen molar-refractivity contribution in [2.45, 2.75) is 63.8 Å². The second-order valence-electron chi connectivity index (χ2n) is 9.34. The van der Waals surface area contributed by atoms with E-state index < -0.39 is 17.7 Å². The van der Waals surface area contributed by atoms with Crippen molar-refractivity contribution in [1.29, 1.82) is 0 Å². The normalized spacial score (nSPS) is 43.7. The van der Waals surface area contributed by atoms with Gasteiger partial charge < -0.3 is 14.0 Å². The number of carbonyl (C=O) groups excluding carboxylic acids is 1. The second kappa shape index (κ2) is 6.03. The minimum Gasteiger partial charge on any atom is -0.432 e. The summed E-state index contributed by atoms with van der Waals surface area (Å²) in [5, 5.41) is 0. The molecule has 154 valence electrons. The molecule has 4 saturated heterocycles. The molecule has 5 heterocycles. The van der Waals surface area contributed by atoms with Gasteiger partial charge in [0.25, 0.3) is 0 Å². The number of benzene rings is 1. The summed E-state index contributed by atoms with van der Waals surface area (Å²) in [7, 11) is 0. The molecular formula is C22H26N2O5. The topological polar surface area (TPSA) is 71.8 Å². The van der Waals surface area contributed by atoms with Crippen molar-refractivity contribution < 1.29 is 24.0 Å². The van der Waals surface area contributed by atoms with Gasteiger partial charge in [-0.2, -0.15) is 0 Å². The summed E-state index contributed by atoms with van der Waals surface area (Å²) in [4.78, 5) is 29.6. The molecule has 0 N–H and O–H groups in total. The first-order valence-electron chi connectivity index (χ1n) is 10.7. The first-order chi connectivity index (χ1) is 14.0. The fraction of sp³-hybridized carbons (Fsp3) is 0.636. The third kappa shape index (κ3) is 2.41. The van der Waals surface area contributed by atoms with Crippen LogP contribution in [0.15, 0.2) is 30.6 Å². The molecule has 1 aromatic heterocycles. The third-order valence-electron chi connectivity index (χ3n) is 7.71. The van der Waals surface area contributed by atoms with Crippen molar-refractivity contribution in [2.75, 3.05) is 0 Å². The average molecular weight is 398 g/mol. The van der Waals surface area contributed by atoms with Crippen LogP contribution in [0.2, 0.25) is 0 Å². The Hall–Kier alpha value is -1.96. The van der Waals surface area contributed by atoms with Crippen LogP contribution in [0.25, 0.3) is 11.0 Å². The van der Waals surface area contributed by atoms with E-state index in [4.69, 9.17) is 19.2 Å². The van der Waals surface area contributed by atoms with E-state index in [9.17, 15) is 4.79 Å². The zero-order valence-electron chi connectivity index (χ0n) is 16.7. The van der Waals surface area contributed by atoms with Gasteiger partial charge in [0, 0.05) is 24.8 Å². The van der Waals surface area contributed by atoms with E-state index in [1.807, 2.05) is 37.5 Å². The van der Waals surface area contributed by atoms with Crippen molar-refractivity contribution in [2.24, 2.45) is 23.7 Å². The molecule has 0 amide bonds. The van der Waals surface area contributed by atoms with Gasteiger partial charge in [-0.25, -0.2) is 14.8 Å². The highest BCUT2D eigenvalue weighted by molar-refractivity contribution is 5.77. The maximum atomic E-state index is 13.2. The average Bonchev–Trinajstić information content (AvgIpc) is 2.98. The first kappa shape index (κ1) is 17.9. The first-order valence-corrected chi connectivity index (χ1v) is 10.7. The Morgan fingerprint density at radius 1 is 1.17 bits per heavy atom. The Kier molecular flexibility index (Phi) is 3.71. The summed E-state index contributed by atoms with van der Waals surface area (Å²) in [5.74, 6) is -0.701. The van der Waals surface area contributed by atoms with Crippen molar-refractivity contribution in [1.82, 2.24) is 9.55 Å². The highest BCUT2D eigenvalue weighted by Gasteiger charge is 2.70. The van der Waals surface area contributed by atoms with Gasteiger partial charge in [-0.15, -0.1) is 0 Å². The Morgan fingerprint density at radius 3 is 2.93 bits per heavy atom. The molecule has 0 radical (unpaired) electrons. The van der Waals surface area contributed by atoms with Gasteiger partial charge >= 0.3 is 5.97 Å². The number of imidazole rings is 1. The molecule has 2 bridgehead atoms. The Balaban J connectivity index is 1.41. The highest BCUT2D eigenvalue weighted by atomic mass is 17.3. The van der Waals surface area contributed by atoms with Crippen LogP contribution in [0.5, 0.6) is 0 Å². The molecule has 7 rings (SSSR count). The lowest BCUT2D eigenvalue weighted by molar-refractivity contribution is -0.559. The molecule has 7 atom stereocenters. The van der Waals surface area contributed by atoms with Gasteiger partial charge in [0.2, 0.25) is 12.1 Å². The number of ether oxygens (including phenoxy) is 2. The zero-order valence-corrected chi connectivity index (χ0v) is 16.7. The SMILES string of the molecule is C[C@@H]1CC[C@H]2[C@@H](Cn3cnc4ccccc43)C(=O)O[C@@H]3O[C@]4(C)CCC1[C@]32OO4. The molecule has 7 heteroatoms. The number of rotatable bonds is 2. The maximum absolute atomic E-state index is 13.2. The number of nitrogens with zero attached hydrogens (tertiary/aromatic N) is 2. The molecule has 1 aliphatic carbocycles. The lowest BCUT2D eigenvalue weighted by Crippen LogP contribution is -2.70. The number of hydrogen-bond donors (Lipinski definition) is 0. The van der Waals surface area contributed by atoms with Crippen LogP contribution in [0.1, 0.15) is 39.5 Å². The van der Waals surface area contributed by atoms with Crippen LogP contribution in [0, 0.1) is 23.7 Å². The van der Waals surface area contributed by atoms with E-state index in [1.165, 1.54) is 0 Å². The minimum absolute atomic E-state index is 0.0150. The standard InChI is InChI=1S/C22H26N2O5/c1-13-7-8-16-14(11-24-12-23-17-5-3-4-6-18(17)24)19(25)26-20-22(16)15(13)9-10-21(2,27-20)28-29-22/h3-6,12-16,20H,7-11H2,1-2H3/t13-,14-,15?,16+,20-,21+,22-/m1/s1. The molecule has 1 saturated carbocycles. The van der Waals surface area contributed by atoms with Crippen molar-refractivity contribution in [3.8, 4) is 0 Å². The number of fused-ring (bicyclic) bond motifs is 3. The molecular weight excluding hydrogens is 372 g/mol. The Morgan fingerprint density at radius 2 is 2.03 bits per heavy atom. The highest BCUT2D eigenvalue weighted by Crippen LogP contribution is 2.60. The molecule has 1 unspecified atom stereocenters. The number of para-hydroxylation sites is 2. The Labute approximate surface area is 169 Å². The van der Waals surface area contributed by atoms with Crippen molar-refractivity contribution in [3.63, 3.8) is 0 Å². The summed E-state index contributed by atoms with van der Waals surface area (Å²) in [6.07, 6.45) is 4.75. The smallest absolute Gasteiger partial charge is 0.313 e.